The van der Waals surface area contributed by atoms with Crippen LogP contribution in [0.1, 0.15) is 64.6 Å². The molecule has 1 saturated carbocycles. The summed E-state index contributed by atoms with van der Waals surface area (Å²) >= 11 is 1.68. The third kappa shape index (κ3) is 8.40. The summed E-state index contributed by atoms with van der Waals surface area (Å²) in [5.41, 5.74) is 7.89. The van der Waals surface area contributed by atoms with Crippen molar-refractivity contribution in [3.8, 4) is 11.1 Å². The van der Waals surface area contributed by atoms with Crippen molar-refractivity contribution < 1.29 is 0 Å². The first kappa shape index (κ1) is 32.8. The smallest absolute Gasteiger partial charge is 0.133 e. The minimum atomic E-state index is 0.668. The first-order valence-corrected chi connectivity index (χ1v) is 16.0. The highest BCUT2D eigenvalue weighted by Gasteiger charge is 2.15. The van der Waals surface area contributed by atoms with E-state index in [2.05, 4.69) is 87.5 Å². The molecular formula is C36H47N5S. The molecule has 3 heterocycles. The van der Waals surface area contributed by atoms with Gasteiger partial charge in [-0.2, -0.15) is 16.4 Å². The Morgan fingerprint density at radius 2 is 1.93 bits per heavy atom. The number of anilines is 1. The van der Waals surface area contributed by atoms with Crippen LogP contribution in [0.25, 0.3) is 29.0 Å². The fourth-order valence-corrected chi connectivity index (χ4v) is 5.85. The van der Waals surface area contributed by atoms with Gasteiger partial charge in [-0.25, -0.2) is 4.98 Å². The van der Waals surface area contributed by atoms with E-state index in [1.54, 1.807) is 11.3 Å². The zero-order valence-corrected chi connectivity index (χ0v) is 26.8. The lowest BCUT2D eigenvalue weighted by molar-refractivity contribution is 0.503. The standard InChI is InChI=1S/C34H41N5S.C2H6/c1-7-26(20-35-21-27-12-10-11-13-27)19-28(8-2)23(4)18-31-32(9-3)38-39-33(31)25(6)37-34-24(5)30(14-16-36-34)29-15-17-40-22-29;1-2/h7-9,14-19,22,27,35,38H,1,4,6,10-13,20-21H2,2-3,5H3,(H,36,37);1-2H3/b26-19+,28-8+,31-18+,32-9+;. The summed E-state index contributed by atoms with van der Waals surface area (Å²) in [5, 5.41) is 20.9. The molecule has 0 saturated heterocycles. The predicted octanol–water partition coefficient (Wildman–Crippen LogP) is 7.93. The van der Waals surface area contributed by atoms with E-state index in [1.165, 1.54) is 31.2 Å². The van der Waals surface area contributed by atoms with Crippen LogP contribution in [0.4, 0.5) is 5.82 Å². The highest BCUT2D eigenvalue weighted by atomic mass is 32.1. The summed E-state index contributed by atoms with van der Waals surface area (Å²) in [6.07, 6.45) is 17.5. The molecule has 1 fully saturated rings. The van der Waals surface area contributed by atoms with E-state index in [9.17, 15) is 0 Å². The second kappa shape index (κ2) is 16.6. The largest absolute Gasteiger partial charge is 0.339 e. The third-order valence-corrected chi connectivity index (χ3v) is 8.24. The Kier molecular flexibility index (Phi) is 13.0. The van der Waals surface area contributed by atoms with Crippen molar-refractivity contribution in [1.82, 2.24) is 20.5 Å². The highest BCUT2D eigenvalue weighted by Crippen LogP contribution is 2.29. The van der Waals surface area contributed by atoms with Gasteiger partial charge in [0.15, 0.2) is 0 Å². The summed E-state index contributed by atoms with van der Waals surface area (Å²) < 4.78 is 0. The maximum absolute atomic E-state index is 4.60. The van der Waals surface area contributed by atoms with Gasteiger partial charge in [0, 0.05) is 18.0 Å². The van der Waals surface area contributed by atoms with Gasteiger partial charge in [-0.1, -0.05) is 70.7 Å². The molecule has 3 N–H and O–H groups in total. The summed E-state index contributed by atoms with van der Waals surface area (Å²) in [4.78, 5) is 4.59. The first-order chi connectivity index (χ1) is 20.4. The number of thiophene rings is 1. The van der Waals surface area contributed by atoms with Gasteiger partial charge in [0.25, 0.3) is 0 Å². The van der Waals surface area contributed by atoms with Gasteiger partial charge in [-0.15, -0.1) is 0 Å². The Morgan fingerprint density at radius 3 is 2.57 bits per heavy atom. The van der Waals surface area contributed by atoms with Crippen LogP contribution >= 0.6 is 11.3 Å². The minimum absolute atomic E-state index is 0.668. The van der Waals surface area contributed by atoms with Crippen molar-refractivity contribution in [2.75, 3.05) is 18.4 Å². The number of nitrogens with zero attached hydrogens (tertiary/aromatic N) is 2. The predicted molar refractivity (Wildman–Crippen MR) is 185 cm³/mol. The number of H-pyrrole nitrogens is 1. The van der Waals surface area contributed by atoms with Crippen LogP contribution in [0.15, 0.2) is 83.8 Å². The number of rotatable bonds is 12. The van der Waals surface area contributed by atoms with Gasteiger partial charge in [-0.3, -0.25) is 5.10 Å². The number of nitrogens with one attached hydrogen (secondary N) is 3. The number of aromatic nitrogens is 3. The molecule has 42 heavy (non-hydrogen) atoms. The van der Waals surface area contributed by atoms with Gasteiger partial charge in [-0.05, 0) is 108 Å². The van der Waals surface area contributed by atoms with E-state index in [4.69, 9.17) is 0 Å². The molecule has 0 bridgehead atoms. The normalized spacial score (nSPS) is 15.0. The van der Waals surface area contributed by atoms with Gasteiger partial charge in [0.05, 0.1) is 11.0 Å². The Bertz CT molecular complexity index is 1530. The topological polar surface area (TPSA) is 65.6 Å². The van der Waals surface area contributed by atoms with Crippen molar-refractivity contribution in [1.29, 1.82) is 0 Å². The van der Waals surface area contributed by atoms with Crippen LogP contribution in [0.2, 0.25) is 0 Å². The average molecular weight is 582 g/mol. The molecular weight excluding hydrogens is 534 g/mol. The first-order valence-electron chi connectivity index (χ1n) is 15.0. The molecule has 0 radical (unpaired) electrons. The Labute approximate surface area is 256 Å². The van der Waals surface area contributed by atoms with Crippen molar-refractivity contribution in [2.24, 2.45) is 5.92 Å². The number of hydrogen-bond acceptors (Lipinski definition) is 5. The van der Waals surface area contributed by atoms with Crippen LogP contribution in [0, 0.1) is 12.8 Å². The monoisotopic (exact) mass is 581 g/mol. The molecule has 3 aromatic rings. The maximum Gasteiger partial charge on any atom is 0.133 e. The van der Waals surface area contributed by atoms with E-state index < -0.39 is 0 Å². The summed E-state index contributed by atoms with van der Waals surface area (Å²) in [6, 6.07) is 4.17. The van der Waals surface area contributed by atoms with Gasteiger partial charge >= 0.3 is 0 Å². The summed E-state index contributed by atoms with van der Waals surface area (Å²) in [7, 11) is 0. The van der Waals surface area contributed by atoms with E-state index in [0.29, 0.717) is 5.70 Å². The van der Waals surface area contributed by atoms with E-state index in [-0.39, 0.29) is 0 Å². The summed E-state index contributed by atoms with van der Waals surface area (Å²) in [5.74, 6) is 1.57. The lowest BCUT2D eigenvalue weighted by Crippen LogP contribution is -2.26. The van der Waals surface area contributed by atoms with Gasteiger partial charge in [0.2, 0.25) is 0 Å². The average Bonchev–Trinajstić information content (AvgIpc) is 3.80. The van der Waals surface area contributed by atoms with Crippen LogP contribution in [-0.4, -0.2) is 28.3 Å². The fourth-order valence-electron chi connectivity index (χ4n) is 5.19. The lowest BCUT2D eigenvalue weighted by Gasteiger charge is -2.13. The number of allylic oxidation sites excluding steroid dienone is 4. The lowest BCUT2D eigenvalue weighted by atomic mass is 10.0. The summed E-state index contributed by atoms with van der Waals surface area (Å²) in [6.45, 7) is 24.7. The van der Waals surface area contributed by atoms with Crippen molar-refractivity contribution in [3.63, 3.8) is 0 Å². The molecule has 0 unspecified atom stereocenters. The Morgan fingerprint density at radius 1 is 1.17 bits per heavy atom. The maximum atomic E-state index is 4.60. The number of hydrogen-bond donors (Lipinski definition) is 3. The quantitative estimate of drug-likeness (QED) is 0.190. The SMILES string of the molecule is C=C/C(=C\C(=C/C)C(=C)/C=c1/c(C(=C)Nc2nccc(-c3ccsc3)c2C)n[nH]/c1=C/C)CNCC1CCCC1.CC. The number of pyridine rings is 1. The molecule has 4 rings (SSSR count). The molecule has 1 aliphatic carbocycles. The minimum Gasteiger partial charge on any atom is -0.339 e. The Balaban J connectivity index is 0.00000237. The molecule has 3 aromatic heterocycles. The fraction of sp³-hybridized carbons (Fsp3) is 0.333. The molecule has 0 spiro atoms. The van der Waals surface area contributed by atoms with Crippen LogP contribution in [0.5, 0.6) is 0 Å². The van der Waals surface area contributed by atoms with Gasteiger partial charge in [0.1, 0.15) is 11.5 Å². The van der Waals surface area contributed by atoms with Gasteiger partial charge < -0.3 is 10.6 Å². The van der Waals surface area contributed by atoms with Crippen LogP contribution in [0.3, 0.4) is 0 Å². The Hall–Kier alpha value is -3.74. The van der Waals surface area contributed by atoms with Crippen LogP contribution < -0.4 is 21.2 Å². The molecule has 0 amide bonds. The van der Waals surface area contributed by atoms with Crippen molar-refractivity contribution in [2.45, 2.75) is 60.3 Å². The van der Waals surface area contributed by atoms with Crippen molar-refractivity contribution in [3.05, 3.63) is 106 Å². The molecule has 222 valence electrons. The molecule has 6 heteroatoms. The van der Waals surface area contributed by atoms with E-state index in [1.807, 2.05) is 52.1 Å². The van der Waals surface area contributed by atoms with Crippen LogP contribution in [-0.2, 0) is 0 Å². The zero-order chi connectivity index (χ0) is 30.5. The number of aromatic amines is 1. The molecule has 0 aromatic carbocycles. The van der Waals surface area contributed by atoms with E-state index >= 15 is 0 Å². The van der Waals surface area contributed by atoms with E-state index in [0.717, 1.165) is 68.9 Å². The zero-order valence-electron chi connectivity index (χ0n) is 26.0. The molecule has 5 nitrogen and oxygen atoms in total. The highest BCUT2D eigenvalue weighted by molar-refractivity contribution is 7.08. The molecule has 0 atom stereocenters. The second-order valence-electron chi connectivity index (χ2n) is 10.3. The molecule has 1 aliphatic rings. The second-order valence-corrected chi connectivity index (χ2v) is 11.0. The molecule has 0 aliphatic heterocycles. The van der Waals surface area contributed by atoms with Crippen molar-refractivity contribution >= 4 is 35.0 Å². The third-order valence-electron chi connectivity index (χ3n) is 7.55.